The highest BCUT2D eigenvalue weighted by Crippen LogP contribution is 2.30. The summed E-state index contributed by atoms with van der Waals surface area (Å²) in [6.07, 6.45) is 2.66. The van der Waals surface area contributed by atoms with E-state index in [1.165, 1.54) is 17.0 Å². The van der Waals surface area contributed by atoms with Crippen LogP contribution in [0.25, 0.3) is 10.9 Å². The van der Waals surface area contributed by atoms with Crippen LogP contribution in [0.15, 0.2) is 53.5 Å². The largest absolute Gasteiger partial charge is 0.338 e. The molecule has 0 unspecified atom stereocenters. The van der Waals surface area contributed by atoms with Gasteiger partial charge in [-0.1, -0.05) is 12.1 Å². The monoisotopic (exact) mass is 354 g/mol. The average molecular weight is 354 g/mol. The quantitative estimate of drug-likeness (QED) is 0.709. The molecule has 1 aliphatic rings. The van der Waals surface area contributed by atoms with Crippen molar-refractivity contribution in [1.29, 1.82) is 0 Å². The molecule has 4 nitrogen and oxygen atoms in total. The number of carbonyl (C=O) groups is 1. The third-order valence-electron chi connectivity index (χ3n) is 4.73. The normalized spacial score (nSPS) is 13.7. The van der Waals surface area contributed by atoms with Crippen molar-refractivity contribution < 1.29 is 13.6 Å². The SMILES string of the molecule is O=C(Cn1ccc(=O)c2ccccc21)N1CCCc2c(F)cc(F)cc21. The molecule has 0 N–H and O–H groups in total. The summed E-state index contributed by atoms with van der Waals surface area (Å²) in [7, 11) is 0. The van der Waals surface area contributed by atoms with Gasteiger partial charge in [-0.15, -0.1) is 0 Å². The van der Waals surface area contributed by atoms with Crippen LogP contribution in [0.5, 0.6) is 0 Å². The van der Waals surface area contributed by atoms with Crippen LogP contribution in [0.1, 0.15) is 12.0 Å². The van der Waals surface area contributed by atoms with Gasteiger partial charge >= 0.3 is 0 Å². The molecule has 0 saturated heterocycles. The number of para-hydroxylation sites is 1. The maximum Gasteiger partial charge on any atom is 0.246 e. The minimum Gasteiger partial charge on any atom is -0.338 e. The van der Waals surface area contributed by atoms with E-state index in [0.29, 0.717) is 41.5 Å². The highest BCUT2D eigenvalue weighted by atomic mass is 19.1. The first-order valence-electron chi connectivity index (χ1n) is 8.41. The summed E-state index contributed by atoms with van der Waals surface area (Å²) in [6.45, 7) is 0.394. The second-order valence-corrected chi connectivity index (χ2v) is 6.36. The molecule has 1 aliphatic heterocycles. The van der Waals surface area contributed by atoms with Crippen LogP contribution in [-0.4, -0.2) is 17.0 Å². The summed E-state index contributed by atoms with van der Waals surface area (Å²) in [5, 5.41) is 0.527. The highest BCUT2D eigenvalue weighted by molar-refractivity contribution is 5.95. The molecule has 2 heterocycles. The van der Waals surface area contributed by atoms with E-state index in [9.17, 15) is 18.4 Å². The smallest absolute Gasteiger partial charge is 0.246 e. The standard InChI is InChI=1S/C20H16F2N2O2/c21-13-10-16(22)14-5-3-8-24(18(14)11-13)20(26)12-23-9-7-19(25)15-4-1-2-6-17(15)23/h1-2,4,6-7,9-11H,3,5,8,12H2. The molecule has 6 heteroatoms. The third kappa shape index (κ3) is 2.77. The Bertz CT molecular complexity index is 1080. The van der Waals surface area contributed by atoms with Crippen molar-refractivity contribution in [3.8, 4) is 0 Å². The van der Waals surface area contributed by atoms with Gasteiger partial charge in [0.15, 0.2) is 5.43 Å². The molecule has 1 aromatic heterocycles. The predicted molar refractivity (Wildman–Crippen MR) is 95.2 cm³/mol. The summed E-state index contributed by atoms with van der Waals surface area (Å²) >= 11 is 0. The molecule has 0 aliphatic carbocycles. The Kier molecular flexibility index (Phi) is 4.03. The predicted octanol–water partition coefficient (Wildman–Crippen LogP) is 3.26. The Morgan fingerprint density at radius 3 is 2.77 bits per heavy atom. The van der Waals surface area contributed by atoms with Crippen LogP contribution in [-0.2, 0) is 17.8 Å². The number of hydrogen-bond donors (Lipinski definition) is 0. The molecule has 132 valence electrons. The van der Waals surface area contributed by atoms with Crippen LogP contribution < -0.4 is 10.3 Å². The van der Waals surface area contributed by atoms with Gasteiger partial charge in [0.2, 0.25) is 5.91 Å². The summed E-state index contributed by atoms with van der Waals surface area (Å²) in [6, 6.07) is 10.5. The van der Waals surface area contributed by atoms with E-state index in [2.05, 4.69) is 0 Å². The summed E-state index contributed by atoms with van der Waals surface area (Å²) in [4.78, 5) is 26.3. The number of carbonyl (C=O) groups excluding carboxylic acids is 1. The molecular formula is C20H16F2N2O2. The van der Waals surface area contributed by atoms with Crippen molar-refractivity contribution >= 4 is 22.5 Å². The van der Waals surface area contributed by atoms with E-state index in [1.54, 1.807) is 35.0 Å². The van der Waals surface area contributed by atoms with Crippen molar-refractivity contribution in [2.45, 2.75) is 19.4 Å². The van der Waals surface area contributed by atoms with Gasteiger partial charge in [-0.25, -0.2) is 8.78 Å². The third-order valence-corrected chi connectivity index (χ3v) is 4.73. The zero-order valence-electron chi connectivity index (χ0n) is 13.9. The van der Waals surface area contributed by atoms with Gasteiger partial charge < -0.3 is 9.47 Å². The van der Waals surface area contributed by atoms with Gasteiger partial charge in [0.25, 0.3) is 0 Å². The van der Waals surface area contributed by atoms with Crippen LogP contribution in [0, 0.1) is 11.6 Å². The van der Waals surface area contributed by atoms with E-state index >= 15 is 0 Å². The summed E-state index contributed by atoms with van der Waals surface area (Å²) < 4.78 is 29.4. The van der Waals surface area contributed by atoms with Crippen molar-refractivity contribution in [1.82, 2.24) is 4.57 Å². The Balaban J connectivity index is 1.71. The first-order valence-corrected chi connectivity index (χ1v) is 8.41. The van der Waals surface area contributed by atoms with Gasteiger partial charge in [0.05, 0.1) is 11.2 Å². The average Bonchev–Trinajstić information content (AvgIpc) is 2.63. The fourth-order valence-electron chi connectivity index (χ4n) is 3.50. The number of rotatable bonds is 2. The molecule has 1 amide bonds. The van der Waals surface area contributed by atoms with E-state index < -0.39 is 11.6 Å². The van der Waals surface area contributed by atoms with Gasteiger partial charge in [-0.3, -0.25) is 9.59 Å². The van der Waals surface area contributed by atoms with Crippen molar-refractivity contribution in [2.75, 3.05) is 11.4 Å². The number of benzene rings is 2. The van der Waals surface area contributed by atoms with Crippen LogP contribution in [0.4, 0.5) is 14.5 Å². The lowest BCUT2D eigenvalue weighted by atomic mass is 10.0. The lowest BCUT2D eigenvalue weighted by molar-refractivity contribution is -0.119. The zero-order valence-corrected chi connectivity index (χ0v) is 13.9. The topological polar surface area (TPSA) is 42.3 Å². The molecular weight excluding hydrogens is 338 g/mol. The lowest BCUT2D eigenvalue weighted by Gasteiger charge is -2.30. The van der Waals surface area contributed by atoms with E-state index in [1.807, 2.05) is 0 Å². The number of amides is 1. The molecule has 0 saturated carbocycles. The number of nitrogens with zero attached hydrogens (tertiary/aromatic N) is 2. The number of fused-ring (bicyclic) bond motifs is 2. The number of aromatic nitrogens is 1. The number of anilines is 1. The van der Waals surface area contributed by atoms with Crippen molar-refractivity contribution in [3.05, 3.63) is 76.1 Å². The molecule has 4 rings (SSSR count). The maximum absolute atomic E-state index is 14.0. The second kappa shape index (κ2) is 6.37. The van der Waals surface area contributed by atoms with Gasteiger partial charge in [0.1, 0.15) is 18.2 Å². The summed E-state index contributed by atoms with van der Waals surface area (Å²) in [5.74, 6) is -1.59. The Morgan fingerprint density at radius 2 is 1.92 bits per heavy atom. The fraction of sp³-hybridized carbons (Fsp3) is 0.200. The van der Waals surface area contributed by atoms with E-state index in [0.717, 1.165) is 6.07 Å². The fourth-order valence-corrected chi connectivity index (χ4v) is 3.50. The zero-order chi connectivity index (χ0) is 18.3. The Morgan fingerprint density at radius 1 is 1.12 bits per heavy atom. The van der Waals surface area contributed by atoms with Crippen LogP contribution in [0.2, 0.25) is 0 Å². The Labute approximate surface area is 148 Å². The van der Waals surface area contributed by atoms with Gasteiger partial charge in [-0.2, -0.15) is 0 Å². The minimum absolute atomic E-state index is 0.0155. The molecule has 0 atom stereocenters. The molecule has 3 aromatic rings. The molecule has 0 fully saturated rings. The maximum atomic E-state index is 14.0. The number of hydrogen-bond acceptors (Lipinski definition) is 2. The van der Waals surface area contributed by atoms with Crippen LogP contribution in [0.3, 0.4) is 0 Å². The first kappa shape index (κ1) is 16.4. The van der Waals surface area contributed by atoms with E-state index in [4.69, 9.17) is 0 Å². The molecule has 0 spiro atoms. The van der Waals surface area contributed by atoms with Gasteiger partial charge in [-0.05, 0) is 31.0 Å². The highest BCUT2D eigenvalue weighted by Gasteiger charge is 2.26. The lowest BCUT2D eigenvalue weighted by Crippen LogP contribution is -2.38. The van der Waals surface area contributed by atoms with Crippen molar-refractivity contribution in [3.63, 3.8) is 0 Å². The first-order chi connectivity index (χ1) is 12.5. The molecule has 0 bridgehead atoms. The van der Waals surface area contributed by atoms with Gasteiger partial charge in [0, 0.05) is 35.8 Å². The summed E-state index contributed by atoms with van der Waals surface area (Å²) in [5.41, 5.74) is 1.20. The molecule has 0 radical (unpaired) electrons. The Hall–Kier alpha value is -3.02. The second-order valence-electron chi connectivity index (χ2n) is 6.36. The number of halogens is 2. The van der Waals surface area contributed by atoms with E-state index in [-0.39, 0.29) is 17.9 Å². The minimum atomic E-state index is -0.699. The van der Waals surface area contributed by atoms with Crippen LogP contribution >= 0.6 is 0 Å². The van der Waals surface area contributed by atoms with Crippen molar-refractivity contribution in [2.24, 2.45) is 0 Å². The molecule has 2 aromatic carbocycles. The molecule has 26 heavy (non-hydrogen) atoms. The number of pyridine rings is 1.